The lowest BCUT2D eigenvalue weighted by atomic mass is 9.90. The fourth-order valence-corrected chi connectivity index (χ4v) is 2.97. The van der Waals surface area contributed by atoms with Crippen molar-refractivity contribution in [2.24, 2.45) is 5.92 Å². The monoisotopic (exact) mass is 284 g/mol. The van der Waals surface area contributed by atoms with Gasteiger partial charge in [-0.05, 0) is 24.1 Å². The van der Waals surface area contributed by atoms with E-state index in [2.05, 4.69) is 24.1 Å². The second-order valence-electron chi connectivity index (χ2n) is 5.28. The third kappa shape index (κ3) is 3.47. The zero-order chi connectivity index (χ0) is 13.8. The molecule has 19 heavy (non-hydrogen) atoms. The van der Waals surface area contributed by atoms with Gasteiger partial charge < -0.3 is 5.32 Å². The first-order valence-corrected chi connectivity index (χ1v) is 7.41. The van der Waals surface area contributed by atoms with Gasteiger partial charge in [-0.2, -0.15) is 0 Å². The molecule has 1 aliphatic rings. The number of nitrogens with one attached hydrogen (secondary N) is 1. The minimum atomic E-state index is -0.145. The molecule has 1 aliphatic heterocycles. The van der Waals surface area contributed by atoms with Gasteiger partial charge in [0.15, 0.2) is 0 Å². The first-order valence-electron chi connectivity index (χ1n) is 7.03. The number of rotatable bonds is 4. The second kappa shape index (κ2) is 6.69. The van der Waals surface area contributed by atoms with Crippen molar-refractivity contribution in [1.29, 1.82) is 0 Å². The van der Waals surface area contributed by atoms with E-state index >= 15 is 0 Å². The lowest BCUT2D eigenvalue weighted by Crippen LogP contribution is -2.46. The predicted molar refractivity (Wildman–Crippen MR) is 78.0 cm³/mol. The van der Waals surface area contributed by atoms with Crippen LogP contribution in [0.2, 0.25) is 5.02 Å². The molecule has 1 aromatic carbocycles. The van der Waals surface area contributed by atoms with Crippen molar-refractivity contribution in [3.8, 4) is 0 Å². The molecular weight excluding hydrogens is 263 g/mol. The van der Waals surface area contributed by atoms with Crippen molar-refractivity contribution in [2.75, 3.05) is 26.2 Å². The number of piperazine rings is 1. The standard InChI is InChI=1S/C15H22ClFN2/c1-3-11(2)15(19-8-6-18-7-9-19)13-10-12(16)4-5-14(13)17/h4-5,10-11,15,18H,3,6-9H2,1-2H3/t11?,15-/m0/s1. The topological polar surface area (TPSA) is 15.3 Å². The van der Waals surface area contributed by atoms with E-state index < -0.39 is 0 Å². The van der Waals surface area contributed by atoms with Crippen LogP contribution >= 0.6 is 11.6 Å². The van der Waals surface area contributed by atoms with Gasteiger partial charge >= 0.3 is 0 Å². The molecule has 0 aliphatic carbocycles. The van der Waals surface area contributed by atoms with Crippen LogP contribution in [0.4, 0.5) is 4.39 Å². The van der Waals surface area contributed by atoms with E-state index in [0.717, 1.165) is 38.2 Å². The number of halogens is 2. The Morgan fingerprint density at radius 3 is 2.68 bits per heavy atom. The molecule has 106 valence electrons. The van der Waals surface area contributed by atoms with E-state index in [-0.39, 0.29) is 11.9 Å². The van der Waals surface area contributed by atoms with Crippen LogP contribution < -0.4 is 5.32 Å². The average molecular weight is 285 g/mol. The second-order valence-corrected chi connectivity index (χ2v) is 5.72. The zero-order valence-corrected chi connectivity index (χ0v) is 12.4. The van der Waals surface area contributed by atoms with Crippen molar-refractivity contribution in [3.63, 3.8) is 0 Å². The fraction of sp³-hybridized carbons (Fsp3) is 0.600. The summed E-state index contributed by atoms with van der Waals surface area (Å²) in [6.45, 7) is 8.20. The highest BCUT2D eigenvalue weighted by molar-refractivity contribution is 6.30. The third-order valence-corrected chi connectivity index (χ3v) is 4.24. The Kier molecular flexibility index (Phi) is 5.20. The highest BCUT2D eigenvalue weighted by atomic mass is 35.5. The Morgan fingerprint density at radius 2 is 2.05 bits per heavy atom. The van der Waals surface area contributed by atoms with E-state index in [1.807, 2.05) is 0 Å². The van der Waals surface area contributed by atoms with E-state index in [0.29, 0.717) is 10.9 Å². The largest absolute Gasteiger partial charge is 0.314 e. The lowest BCUT2D eigenvalue weighted by Gasteiger charge is -2.38. The molecule has 1 heterocycles. The summed E-state index contributed by atoms with van der Waals surface area (Å²) in [7, 11) is 0. The predicted octanol–water partition coefficient (Wildman–Crippen LogP) is 3.47. The van der Waals surface area contributed by atoms with Crippen LogP contribution in [0.5, 0.6) is 0 Å². The first kappa shape index (κ1) is 14.8. The summed E-state index contributed by atoms with van der Waals surface area (Å²) >= 11 is 6.05. The summed E-state index contributed by atoms with van der Waals surface area (Å²) in [6.07, 6.45) is 1.03. The summed E-state index contributed by atoms with van der Waals surface area (Å²) in [6, 6.07) is 5.00. The van der Waals surface area contributed by atoms with E-state index in [9.17, 15) is 4.39 Å². The SMILES string of the molecule is CCC(C)[C@@H](c1cc(Cl)ccc1F)N1CCNCC1. The minimum Gasteiger partial charge on any atom is -0.314 e. The normalized spacial score (nSPS) is 20.2. The van der Waals surface area contributed by atoms with Crippen molar-refractivity contribution in [2.45, 2.75) is 26.3 Å². The van der Waals surface area contributed by atoms with Gasteiger partial charge in [0, 0.05) is 42.8 Å². The Bertz CT molecular complexity index is 419. The number of nitrogens with zero attached hydrogens (tertiary/aromatic N) is 1. The van der Waals surface area contributed by atoms with Crippen LogP contribution in [0.25, 0.3) is 0 Å². The van der Waals surface area contributed by atoms with Crippen LogP contribution in [-0.2, 0) is 0 Å². The Hall–Kier alpha value is -0.640. The molecule has 0 spiro atoms. The molecule has 0 bridgehead atoms. The lowest BCUT2D eigenvalue weighted by molar-refractivity contribution is 0.125. The number of hydrogen-bond donors (Lipinski definition) is 1. The first-order chi connectivity index (χ1) is 9.13. The molecule has 1 N–H and O–H groups in total. The minimum absolute atomic E-state index is 0.116. The molecule has 0 aromatic heterocycles. The van der Waals surface area contributed by atoms with Gasteiger partial charge in [-0.25, -0.2) is 4.39 Å². The zero-order valence-electron chi connectivity index (χ0n) is 11.6. The summed E-state index contributed by atoms with van der Waals surface area (Å²) in [4.78, 5) is 2.37. The fourth-order valence-electron chi connectivity index (χ4n) is 2.79. The van der Waals surface area contributed by atoms with Gasteiger partial charge in [0.2, 0.25) is 0 Å². The molecule has 1 saturated heterocycles. The van der Waals surface area contributed by atoms with Gasteiger partial charge in [0.25, 0.3) is 0 Å². The maximum Gasteiger partial charge on any atom is 0.128 e. The molecule has 1 unspecified atom stereocenters. The molecule has 2 rings (SSSR count). The van der Waals surface area contributed by atoms with E-state index in [1.165, 1.54) is 6.07 Å². The number of hydrogen-bond acceptors (Lipinski definition) is 2. The quantitative estimate of drug-likeness (QED) is 0.911. The van der Waals surface area contributed by atoms with E-state index in [1.54, 1.807) is 12.1 Å². The molecule has 0 amide bonds. The van der Waals surface area contributed by atoms with Gasteiger partial charge in [0.1, 0.15) is 5.82 Å². The van der Waals surface area contributed by atoms with E-state index in [4.69, 9.17) is 11.6 Å². The van der Waals surface area contributed by atoms with Crippen molar-refractivity contribution in [1.82, 2.24) is 10.2 Å². The van der Waals surface area contributed by atoms with Crippen LogP contribution in [0.1, 0.15) is 31.9 Å². The van der Waals surface area contributed by atoms with Crippen molar-refractivity contribution >= 4 is 11.6 Å². The summed E-state index contributed by atoms with van der Waals surface area (Å²) in [5.41, 5.74) is 0.740. The Labute approximate surface area is 119 Å². The van der Waals surface area contributed by atoms with Crippen molar-refractivity contribution < 1.29 is 4.39 Å². The van der Waals surface area contributed by atoms with Gasteiger partial charge in [0.05, 0.1) is 0 Å². The van der Waals surface area contributed by atoms with Crippen LogP contribution in [0.15, 0.2) is 18.2 Å². The molecule has 0 saturated carbocycles. The molecule has 0 radical (unpaired) electrons. The third-order valence-electron chi connectivity index (χ3n) is 4.00. The Balaban J connectivity index is 2.33. The molecule has 1 fully saturated rings. The Morgan fingerprint density at radius 1 is 1.37 bits per heavy atom. The summed E-state index contributed by atoms with van der Waals surface area (Å²) in [5, 5.41) is 3.95. The van der Waals surface area contributed by atoms with Gasteiger partial charge in [-0.3, -0.25) is 4.90 Å². The summed E-state index contributed by atoms with van der Waals surface area (Å²) < 4.78 is 14.2. The molecular formula is C15H22ClFN2. The highest BCUT2D eigenvalue weighted by Crippen LogP contribution is 2.33. The van der Waals surface area contributed by atoms with Crippen LogP contribution in [0, 0.1) is 11.7 Å². The van der Waals surface area contributed by atoms with Gasteiger partial charge in [-0.1, -0.05) is 31.9 Å². The van der Waals surface area contributed by atoms with Crippen LogP contribution in [-0.4, -0.2) is 31.1 Å². The maximum absolute atomic E-state index is 14.2. The van der Waals surface area contributed by atoms with Crippen molar-refractivity contribution in [3.05, 3.63) is 34.6 Å². The maximum atomic E-state index is 14.2. The van der Waals surface area contributed by atoms with Crippen LogP contribution in [0.3, 0.4) is 0 Å². The van der Waals surface area contributed by atoms with Gasteiger partial charge in [-0.15, -0.1) is 0 Å². The highest BCUT2D eigenvalue weighted by Gasteiger charge is 2.28. The summed E-state index contributed by atoms with van der Waals surface area (Å²) in [5.74, 6) is 0.263. The molecule has 2 atom stereocenters. The molecule has 1 aromatic rings. The number of benzene rings is 1. The molecule has 4 heteroatoms. The average Bonchev–Trinajstić information content (AvgIpc) is 2.44. The molecule has 2 nitrogen and oxygen atoms in total. The smallest absolute Gasteiger partial charge is 0.128 e.